The van der Waals surface area contributed by atoms with Gasteiger partial charge >= 0.3 is 0 Å². The highest BCUT2D eigenvalue weighted by molar-refractivity contribution is 7.89. The lowest BCUT2D eigenvalue weighted by molar-refractivity contribution is -0.119. The summed E-state index contributed by atoms with van der Waals surface area (Å²) < 4.78 is 34.4. The number of carbonyl (C=O) groups excluding carboxylic acids is 1. The molecule has 0 bridgehead atoms. The number of rotatable bonds is 6. The molecule has 0 unspecified atom stereocenters. The lowest BCUT2D eigenvalue weighted by atomic mass is 10.1. The molecule has 0 radical (unpaired) electrons. The van der Waals surface area contributed by atoms with Crippen LogP contribution in [0.3, 0.4) is 0 Å². The Hall–Kier alpha value is -2.91. The Morgan fingerprint density at radius 1 is 1.23 bits per heavy atom. The van der Waals surface area contributed by atoms with Crippen LogP contribution in [0.2, 0.25) is 0 Å². The van der Waals surface area contributed by atoms with E-state index in [-0.39, 0.29) is 29.9 Å². The van der Waals surface area contributed by atoms with Gasteiger partial charge in [-0.2, -0.15) is 9.40 Å². The van der Waals surface area contributed by atoms with Crippen molar-refractivity contribution in [3.63, 3.8) is 0 Å². The summed E-state index contributed by atoms with van der Waals surface area (Å²) in [5, 5.41) is 4.39. The van der Waals surface area contributed by atoms with Crippen LogP contribution in [0.25, 0.3) is 0 Å². The number of benzene rings is 1. The fraction of sp³-hybridized carbons (Fsp3) is 0.364. The number of para-hydroxylation sites is 1. The van der Waals surface area contributed by atoms with E-state index in [1.165, 1.54) is 22.3 Å². The fourth-order valence-electron chi connectivity index (χ4n) is 4.22. The molecule has 1 aliphatic rings. The molecular formula is C22H26N4O4S. The van der Waals surface area contributed by atoms with Gasteiger partial charge < -0.3 is 9.32 Å². The maximum absolute atomic E-state index is 13.2. The van der Waals surface area contributed by atoms with Crippen LogP contribution in [0.4, 0.5) is 5.69 Å². The molecule has 1 amide bonds. The molecule has 31 heavy (non-hydrogen) atoms. The van der Waals surface area contributed by atoms with Crippen LogP contribution in [0.15, 0.2) is 52.0 Å². The van der Waals surface area contributed by atoms with Crippen LogP contribution in [-0.2, 0) is 34.3 Å². The highest BCUT2D eigenvalue weighted by atomic mass is 32.2. The number of amides is 1. The van der Waals surface area contributed by atoms with E-state index in [1.54, 1.807) is 30.9 Å². The number of aryl methyl sites for hydroxylation is 1. The first-order chi connectivity index (χ1) is 14.7. The summed E-state index contributed by atoms with van der Waals surface area (Å²) in [6.07, 6.45) is 2.31. The quantitative estimate of drug-likeness (QED) is 0.586. The second-order valence-corrected chi connectivity index (χ2v) is 9.93. The van der Waals surface area contributed by atoms with E-state index in [4.69, 9.17) is 4.42 Å². The van der Waals surface area contributed by atoms with E-state index in [9.17, 15) is 13.2 Å². The molecule has 164 valence electrons. The molecule has 1 aromatic carbocycles. The highest BCUT2D eigenvalue weighted by Gasteiger charge is 2.33. The van der Waals surface area contributed by atoms with Crippen molar-refractivity contribution in [2.45, 2.75) is 51.2 Å². The number of furan rings is 1. The number of fused-ring (bicyclic) bond motifs is 1. The van der Waals surface area contributed by atoms with Gasteiger partial charge in [0.15, 0.2) is 0 Å². The van der Waals surface area contributed by atoms with Crippen LogP contribution < -0.4 is 4.90 Å². The number of carbonyl (C=O) groups is 1. The minimum absolute atomic E-state index is 0.0250. The molecular weight excluding hydrogens is 416 g/mol. The molecule has 9 heteroatoms. The molecule has 0 fully saturated rings. The minimum atomic E-state index is -3.80. The molecule has 1 aliphatic heterocycles. The third-order valence-corrected chi connectivity index (χ3v) is 7.76. The van der Waals surface area contributed by atoms with E-state index in [0.29, 0.717) is 17.1 Å². The summed E-state index contributed by atoms with van der Waals surface area (Å²) in [5.74, 6) is 0.432. The smallest absolute Gasteiger partial charge is 0.248 e. The zero-order valence-electron chi connectivity index (χ0n) is 18.1. The van der Waals surface area contributed by atoms with Gasteiger partial charge in [0.05, 0.1) is 24.2 Å². The monoisotopic (exact) mass is 442 g/mol. The Labute approximate surface area is 182 Å². The van der Waals surface area contributed by atoms with E-state index >= 15 is 0 Å². The maximum atomic E-state index is 13.2. The van der Waals surface area contributed by atoms with Gasteiger partial charge in [0.1, 0.15) is 17.2 Å². The summed E-state index contributed by atoms with van der Waals surface area (Å²) in [6.45, 7) is 5.43. The van der Waals surface area contributed by atoms with Crippen molar-refractivity contribution in [1.82, 2.24) is 14.1 Å². The SMILES string of the molecule is Cc1nn(CC(=O)N2c3ccccc3C[C@@H]2C)c(C)c1S(=O)(=O)N(C)Cc1ccco1. The Morgan fingerprint density at radius 3 is 2.68 bits per heavy atom. The van der Waals surface area contributed by atoms with Crippen molar-refractivity contribution in [1.29, 1.82) is 0 Å². The first kappa shape index (κ1) is 21.3. The van der Waals surface area contributed by atoms with Crippen molar-refractivity contribution < 1.29 is 17.6 Å². The largest absolute Gasteiger partial charge is 0.468 e. The first-order valence-electron chi connectivity index (χ1n) is 10.1. The van der Waals surface area contributed by atoms with E-state index in [1.807, 2.05) is 31.2 Å². The molecule has 0 N–H and O–H groups in total. The van der Waals surface area contributed by atoms with Crippen LogP contribution >= 0.6 is 0 Å². The normalized spacial score (nSPS) is 16.2. The third kappa shape index (κ3) is 3.79. The topological polar surface area (TPSA) is 88.7 Å². The van der Waals surface area contributed by atoms with Crippen molar-refractivity contribution in [2.75, 3.05) is 11.9 Å². The number of hydrogen-bond donors (Lipinski definition) is 0. The van der Waals surface area contributed by atoms with Gasteiger partial charge in [-0.15, -0.1) is 0 Å². The lowest BCUT2D eigenvalue weighted by Gasteiger charge is -2.23. The number of sulfonamides is 1. The zero-order valence-corrected chi connectivity index (χ0v) is 18.9. The van der Waals surface area contributed by atoms with Crippen molar-refractivity contribution in [3.8, 4) is 0 Å². The Kier molecular flexibility index (Phi) is 5.49. The number of aromatic nitrogens is 2. The molecule has 8 nitrogen and oxygen atoms in total. The van der Waals surface area contributed by atoms with Crippen molar-refractivity contribution in [3.05, 3.63) is 65.4 Å². The first-order valence-corrected chi connectivity index (χ1v) is 11.6. The maximum Gasteiger partial charge on any atom is 0.248 e. The molecule has 0 spiro atoms. The van der Waals surface area contributed by atoms with E-state index in [0.717, 1.165) is 17.7 Å². The summed E-state index contributed by atoms with van der Waals surface area (Å²) in [7, 11) is -2.30. The van der Waals surface area contributed by atoms with Crippen LogP contribution in [-0.4, -0.2) is 41.5 Å². The van der Waals surface area contributed by atoms with Crippen molar-refractivity contribution >= 4 is 21.6 Å². The number of anilines is 1. The van der Waals surface area contributed by atoms with Gasteiger partial charge in [-0.3, -0.25) is 9.48 Å². The van der Waals surface area contributed by atoms with E-state index in [2.05, 4.69) is 5.10 Å². The second kappa shape index (κ2) is 7.97. The van der Waals surface area contributed by atoms with Crippen LogP contribution in [0, 0.1) is 13.8 Å². The fourth-order valence-corrected chi connectivity index (χ4v) is 5.72. The molecule has 0 aliphatic carbocycles. The zero-order chi connectivity index (χ0) is 22.3. The number of hydrogen-bond acceptors (Lipinski definition) is 5. The summed E-state index contributed by atoms with van der Waals surface area (Å²) in [5.41, 5.74) is 2.86. The molecule has 0 saturated carbocycles. The van der Waals surface area contributed by atoms with Gasteiger partial charge in [-0.1, -0.05) is 18.2 Å². The lowest BCUT2D eigenvalue weighted by Crippen LogP contribution is -2.38. The molecule has 2 aromatic heterocycles. The third-order valence-electron chi connectivity index (χ3n) is 5.70. The number of nitrogens with zero attached hydrogens (tertiary/aromatic N) is 4. The van der Waals surface area contributed by atoms with Gasteiger partial charge in [0.25, 0.3) is 0 Å². The summed E-state index contributed by atoms with van der Waals surface area (Å²) >= 11 is 0. The summed E-state index contributed by atoms with van der Waals surface area (Å²) in [4.78, 5) is 15.1. The molecule has 0 saturated heterocycles. The molecule has 4 rings (SSSR count). The van der Waals surface area contributed by atoms with E-state index < -0.39 is 10.0 Å². The van der Waals surface area contributed by atoms with Gasteiger partial charge in [-0.05, 0) is 51.0 Å². The summed E-state index contributed by atoms with van der Waals surface area (Å²) in [6, 6.07) is 11.3. The predicted octanol–water partition coefficient (Wildman–Crippen LogP) is 2.89. The van der Waals surface area contributed by atoms with Crippen LogP contribution in [0.1, 0.15) is 29.6 Å². The van der Waals surface area contributed by atoms with Crippen molar-refractivity contribution in [2.24, 2.45) is 0 Å². The average Bonchev–Trinajstić information content (AvgIpc) is 3.39. The Balaban J connectivity index is 1.59. The highest BCUT2D eigenvalue weighted by Crippen LogP contribution is 2.32. The Morgan fingerprint density at radius 2 is 1.97 bits per heavy atom. The van der Waals surface area contributed by atoms with Gasteiger partial charge in [0.2, 0.25) is 15.9 Å². The molecule has 3 heterocycles. The predicted molar refractivity (Wildman–Crippen MR) is 116 cm³/mol. The van der Waals surface area contributed by atoms with Gasteiger partial charge in [-0.25, -0.2) is 8.42 Å². The Bertz CT molecular complexity index is 1210. The van der Waals surface area contributed by atoms with Gasteiger partial charge in [0, 0.05) is 18.8 Å². The second-order valence-electron chi connectivity index (χ2n) is 7.94. The standard InChI is InChI=1S/C22H26N4O4S/c1-15-12-18-8-5-6-10-20(18)26(15)21(27)14-25-17(3)22(16(2)23-25)31(28,29)24(4)13-19-9-7-11-30-19/h5-11,15H,12-14H2,1-4H3/t15-/m0/s1. The minimum Gasteiger partial charge on any atom is -0.468 e. The van der Waals surface area contributed by atoms with Crippen LogP contribution in [0.5, 0.6) is 0 Å². The molecule has 3 aromatic rings. The average molecular weight is 443 g/mol. The molecule has 1 atom stereocenters.